The van der Waals surface area contributed by atoms with Crippen LogP contribution in [0.3, 0.4) is 0 Å². The molecule has 1 aromatic rings. The quantitative estimate of drug-likeness (QED) is 0.931. The Morgan fingerprint density at radius 3 is 2.55 bits per heavy atom. The van der Waals surface area contributed by atoms with Crippen molar-refractivity contribution in [3.05, 3.63) is 28.8 Å². The van der Waals surface area contributed by atoms with E-state index in [2.05, 4.69) is 18.0 Å². The van der Waals surface area contributed by atoms with E-state index in [0.717, 1.165) is 37.2 Å². The molecule has 0 unspecified atom stereocenters. The van der Waals surface area contributed by atoms with Crippen molar-refractivity contribution < 1.29 is 4.74 Å². The van der Waals surface area contributed by atoms with Crippen LogP contribution in [-0.4, -0.2) is 31.1 Å². The summed E-state index contributed by atoms with van der Waals surface area (Å²) in [5.41, 5.74) is 7.51. The molecule has 0 atom stereocenters. The van der Waals surface area contributed by atoms with Gasteiger partial charge in [0.1, 0.15) is 11.9 Å². The summed E-state index contributed by atoms with van der Waals surface area (Å²) in [6.45, 7) is 1.94. The molecule has 1 aliphatic carbocycles. The van der Waals surface area contributed by atoms with Crippen LogP contribution in [0.1, 0.15) is 37.7 Å². The normalized spacial score (nSPS) is 23.4. The topological polar surface area (TPSA) is 38.5 Å². The lowest BCUT2D eigenvalue weighted by atomic mass is 9.77. The molecule has 2 N–H and O–H groups in total. The van der Waals surface area contributed by atoms with Gasteiger partial charge in [-0.2, -0.15) is 0 Å². The lowest BCUT2D eigenvalue weighted by Crippen LogP contribution is -2.51. The van der Waals surface area contributed by atoms with E-state index in [0.29, 0.717) is 5.02 Å². The lowest BCUT2D eigenvalue weighted by molar-refractivity contribution is 0.0389. The standard InChI is InChI=1S/C16H23ClN2O/c1-19-10-13(11-19)20-15-6-5-12(9-14(15)17)16(18)7-3-2-4-8-16/h5-6,9,13H,2-4,7-8,10-11,18H2,1H3. The average molecular weight is 295 g/mol. The number of likely N-dealkylation sites (tertiary alicyclic amines) is 1. The van der Waals surface area contributed by atoms with E-state index < -0.39 is 0 Å². The Bertz CT molecular complexity index is 479. The summed E-state index contributed by atoms with van der Waals surface area (Å²) in [4.78, 5) is 2.23. The molecule has 0 aromatic heterocycles. The molecule has 3 rings (SSSR count). The molecule has 0 radical (unpaired) electrons. The molecule has 3 nitrogen and oxygen atoms in total. The van der Waals surface area contributed by atoms with Gasteiger partial charge in [0.2, 0.25) is 0 Å². The molecule has 1 saturated heterocycles. The first-order chi connectivity index (χ1) is 9.57. The zero-order chi connectivity index (χ0) is 14.2. The SMILES string of the molecule is CN1CC(Oc2ccc(C3(N)CCCCC3)cc2Cl)C1. The van der Waals surface area contributed by atoms with E-state index in [1.54, 1.807) is 0 Å². The molecule has 2 fully saturated rings. The minimum absolute atomic E-state index is 0.197. The van der Waals surface area contributed by atoms with E-state index in [4.69, 9.17) is 22.1 Å². The molecule has 0 spiro atoms. The second-order valence-electron chi connectivity index (χ2n) is 6.32. The molecule has 1 saturated carbocycles. The number of benzene rings is 1. The Morgan fingerprint density at radius 1 is 1.25 bits per heavy atom. The van der Waals surface area contributed by atoms with Crippen LogP contribution in [-0.2, 0) is 5.54 Å². The fraction of sp³-hybridized carbons (Fsp3) is 0.625. The van der Waals surface area contributed by atoms with Gasteiger partial charge in [0.05, 0.1) is 5.02 Å². The van der Waals surface area contributed by atoms with E-state index in [1.807, 2.05) is 12.1 Å². The second-order valence-corrected chi connectivity index (χ2v) is 6.73. The van der Waals surface area contributed by atoms with Crippen molar-refractivity contribution in [1.29, 1.82) is 0 Å². The van der Waals surface area contributed by atoms with Gasteiger partial charge >= 0.3 is 0 Å². The van der Waals surface area contributed by atoms with Crippen molar-refractivity contribution in [2.24, 2.45) is 5.73 Å². The van der Waals surface area contributed by atoms with Gasteiger partial charge in [-0.05, 0) is 37.6 Å². The summed E-state index contributed by atoms with van der Waals surface area (Å²) < 4.78 is 5.91. The molecule has 0 bridgehead atoms. The average Bonchev–Trinajstić information content (AvgIpc) is 2.40. The van der Waals surface area contributed by atoms with Gasteiger partial charge in [0, 0.05) is 18.6 Å². The van der Waals surface area contributed by atoms with Crippen molar-refractivity contribution in [3.8, 4) is 5.75 Å². The minimum Gasteiger partial charge on any atom is -0.486 e. The van der Waals surface area contributed by atoms with Gasteiger partial charge in [-0.25, -0.2) is 0 Å². The molecule has 1 heterocycles. The maximum absolute atomic E-state index is 6.55. The summed E-state index contributed by atoms with van der Waals surface area (Å²) >= 11 is 6.38. The van der Waals surface area contributed by atoms with Crippen LogP contribution in [0.15, 0.2) is 18.2 Å². The zero-order valence-electron chi connectivity index (χ0n) is 12.1. The summed E-state index contributed by atoms with van der Waals surface area (Å²) in [5, 5.41) is 0.687. The van der Waals surface area contributed by atoms with Crippen molar-refractivity contribution >= 4 is 11.6 Å². The van der Waals surface area contributed by atoms with Crippen molar-refractivity contribution in [2.75, 3.05) is 20.1 Å². The number of hydrogen-bond donors (Lipinski definition) is 1. The summed E-state index contributed by atoms with van der Waals surface area (Å²) in [5.74, 6) is 0.785. The molecule has 20 heavy (non-hydrogen) atoms. The van der Waals surface area contributed by atoms with Crippen molar-refractivity contribution in [3.63, 3.8) is 0 Å². The first-order valence-corrected chi connectivity index (χ1v) is 7.89. The van der Waals surface area contributed by atoms with Gasteiger partial charge in [0.15, 0.2) is 0 Å². The molecule has 1 aliphatic heterocycles. The number of ether oxygens (including phenoxy) is 1. The highest BCUT2D eigenvalue weighted by Crippen LogP contribution is 2.38. The smallest absolute Gasteiger partial charge is 0.138 e. The highest BCUT2D eigenvalue weighted by atomic mass is 35.5. The van der Waals surface area contributed by atoms with Gasteiger partial charge in [-0.3, -0.25) is 4.90 Å². The number of hydrogen-bond acceptors (Lipinski definition) is 3. The third-order valence-corrected chi connectivity index (χ3v) is 4.87. The summed E-state index contributed by atoms with van der Waals surface area (Å²) in [7, 11) is 2.09. The van der Waals surface area contributed by atoms with Crippen LogP contribution >= 0.6 is 11.6 Å². The number of halogens is 1. The minimum atomic E-state index is -0.197. The van der Waals surface area contributed by atoms with Crippen LogP contribution in [0.2, 0.25) is 5.02 Å². The number of nitrogens with two attached hydrogens (primary N) is 1. The van der Waals surface area contributed by atoms with Gasteiger partial charge in [0.25, 0.3) is 0 Å². The molecule has 110 valence electrons. The lowest BCUT2D eigenvalue weighted by Gasteiger charge is -2.37. The highest BCUT2D eigenvalue weighted by molar-refractivity contribution is 6.32. The Kier molecular flexibility index (Phi) is 3.93. The Morgan fingerprint density at radius 2 is 1.95 bits per heavy atom. The van der Waals surface area contributed by atoms with Crippen LogP contribution in [0.5, 0.6) is 5.75 Å². The van der Waals surface area contributed by atoms with Crippen molar-refractivity contribution in [2.45, 2.75) is 43.7 Å². The predicted molar refractivity (Wildman–Crippen MR) is 82.3 cm³/mol. The first kappa shape index (κ1) is 14.2. The summed E-state index contributed by atoms with van der Waals surface area (Å²) in [6, 6.07) is 6.08. The third kappa shape index (κ3) is 2.80. The predicted octanol–water partition coefficient (Wildman–Crippen LogP) is 3.15. The molecular formula is C16H23ClN2O. The Labute approximate surface area is 126 Å². The van der Waals surface area contributed by atoms with Crippen LogP contribution < -0.4 is 10.5 Å². The summed E-state index contributed by atoms with van der Waals surface area (Å²) in [6.07, 6.45) is 6.09. The highest BCUT2D eigenvalue weighted by Gasteiger charge is 2.30. The maximum atomic E-state index is 6.55. The Balaban J connectivity index is 1.73. The van der Waals surface area contributed by atoms with Gasteiger partial charge < -0.3 is 10.5 Å². The van der Waals surface area contributed by atoms with E-state index >= 15 is 0 Å². The molecule has 0 amide bonds. The molecule has 1 aromatic carbocycles. The number of likely N-dealkylation sites (N-methyl/N-ethyl adjacent to an activating group) is 1. The van der Waals surface area contributed by atoms with Crippen LogP contribution in [0.25, 0.3) is 0 Å². The fourth-order valence-corrected chi connectivity index (χ4v) is 3.50. The maximum Gasteiger partial charge on any atom is 0.138 e. The van der Waals surface area contributed by atoms with Gasteiger partial charge in [-0.1, -0.05) is 36.9 Å². The third-order valence-electron chi connectivity index (χ3n) is 4.58. The second kappa shape index (κ2) is 5.55. The van der Waals surface area contributed by atoms with Crippen LogP contribution in [0.4, 0.5) is 0 Å². The van der Waals surface area contributed by atoms with E-state index in [9.17, 15) is 0 Å². The van der Waals surface area contributed by atoms with Crippen LogP contribution in [0, 0.1) is 0 Å². The monoisotopic (exact) mass is 294 g/mol. The van der Waals surface area contributed by atoms with E-state index in [-0.39, 0.29) is 11.6 Å². The molecule has 4 heteroatoms. The Hall–Kier alpha value is -0.770. The molecular weight excluding hydrogens is 272 g/mol. The first-order valence-electron chi connectivity index (χ1n) is 7.51. The van der Waals surface area contributed by atoms with Crippen molar-refractivity contribution in [1.82, 2.24) is 4.90 Å². The number of nitrogens with zero attached hydrogens (tertiary/aromatic N) is 1. The largest absolute Gasteiger partial charge is 0.486 e. The van der Waals surface area contributed by atoms with Gasteiger partial charge in [-0.15, -0.1) is 0 Å². The molecule has 2 aliphatic rings. The zero-order valence-corrected chi connectivity index (χ0v) is 12.8. The number of rotatable bonds is 3. The fourth-order valence-electron chi connectivity index (χ4n) is 3.27. The van der Waals surface area contributed by atoms with E-state index in [1.165, 1.54) is 19.3 Å².